The lowest BCUT2D eigenvalue weighted by Gasteiger charge is -2.27. The molecule has 0 aromatic heterocycles. The maximum Gasteiger partial charge on any atom is 0.327 e. The predicted molar refractivity (Wildman–Crippen MR) is 249 cm³/mol. The lowest BCUT2D eigenvalue weighted by molar-refractivity contribution is -0.142. The van der Waals surface area contributed by atoms with E-state index in [9.17, 15) is 63.0 Å². The van der Waals surface area contributed by atoms with Gasteiger partial charge in [0.15, 0.2) is 5.96 Å². The van der Waals surface area contributed by atoms with E-state index in [1.807, 2.05) is 0 Å². The monoisotopic (exact) mass is 1010 g/mol. The largest absolute Gasteiger partial charge is 0.481 e. The number of nitrogens with two attached hydrogens (primary N) is 6. The maximum absolute atomic E-state index is 14.0. The average Bonchev–Trinajstić information content (AvgIpc) is 3.26. The number of nitrogens with one attached hydrogen (secondary N) is 8. The fourth-order valence-electron chi connectivity index (χ4n) is 6.04. The Balaban J connectivity index is 3.73. The third-order valence-corrected chi connectivity index (χ3v) is 12.2. The summed E-state index contributed by atoms with van der Waals surface area (Å²) >= 11 is 0. The predicted octanol–water partition coefficient (Wildman–Crippen LogP) is -6.63. The van der Waals surface area contributed by atoms with E-state index in [1.54, 1.807) is 0 Å². The molecule has 30 heteroatoms. The van der Waals surface area contributed by atoms with Gasteiger partial charge in [0, 0.05) is 24.5 Å². The number of hydrogen-bond donors (Lipinski definition) is 16. The van der Waals surface area contributed by atoms with Crippen LogP contribution in [0.15, 0.2) is 4.99 Å². The molecule has 0 aromatic rings. The zero-order chi connectivity index (χ0) is 51.3. The van der Waals surface area contributed by atoms with Crippen molar-refractivity contribution in [1.82, 2.24) is 42.5 Å². The fraction of sp³-hybridized carbons (Fsp3) is 0.684. The van der Waals surface area contributed by atoms with Crippen LogP contribution in [-0.2, 0) is 52.7 Å². The van der Waals surface area contributed by atoms with E-state index in [0.717, 1.165) is 21.6 Å². The van der Waals surface area contributed by atoms with Crippen LogP contribution < -0.4 is 76.9 Å². The molecule has 0 unspecified atom stereocenters. The van der Waals surface area contributed by atoms with E-state index < -0.39 is 133 Å². The summed E-state index contributed by atoms with van der Waals surface area (Å²) in [4.78, 5) is 147. The molecule has 0 radical (unpaired) electrons. The standard InChI is InChI=1S/C38H67N15O13S2/c1-19-30(58)46-16-28(55)48-21(9-6-14-45-38(43)44)32(60)49-22(7-2-4-12-39)33(61)51-24(10-11-27(42)54)35(63)50-23(8-3-5-13-40)34(62)53-26(37(65)66)18-68-67-17-20(41)31(59)52-25(15-29(56)57)36(64)47-19/h19-26H,2-18,39-41H2,1H3,(H2,42,54)(H,46,58)(H,47,64)(H,48,55)(H,49,60)(H,50,63)(H,51,61)(H,52,59)(H,53,62)(H,56,57)(H,65,66)(H4,43,44,45)/t19-,20-,21-,22-,23-,24-,25-,26-/m0/s1. The molecule has 1 heterocycles. The first-order valence-electron chi connectivity index (χ1n) is 21.7. The number of carboxylic acid groups (broad SMARTS) is 2. The SMILES string of the molecule is C[C@@H]1NC(=O)[C@H](CC(=O)O)NC(=O)[C@@H](N)CSSC[C@@H](C(=O)O)NC(=O)[C@H](CCCCN)NC(=O)[C@H](CCC(N)=O)NC(=O)[C@H](CCCCN)NC(=O)[C@H](CCCN=C(N)N)NC(=O)CNC1=O. The third-order valence-electron chi connectivity index (χ3n) is 9.77. The number of nitrogens with zero attached hydrogens (tertiary/aromatic N) is 1. The molecule has 0 aromatic carbocycles. The van der Waals surface area contributed by atoms with E-state index in [4.69, 9.17) is 34.4 Å². The number of primary amides is 1. The number of hydrogen-bond acceptors (Lipinski definition) is 17. The Labute approximate surface area is 400 Å². The van der Waals surface area contributed by atoms with Crippen molar-refractivity contribution in [1.29, 1.82) is 0 Å². The van der Waals surface area contributed by atoms with Crippen molar-refractivity contribution in [3.05, 3.63) is 0 Å². The van der Waals surface area contributed by atoms with Crippen molar-refractivity contribution in [2.75, 3.05) is 37.7 Å². The highest BCUT2D eigenvalue weighted by Gasteiger charge is 2.34. The number of aliphatic imine (C=N–C) groups is 1. The van der Waals surface area contributed by atoms with Crippen molar-refractivity contribution in [3.63, 3.8) is 0 Å². The normalized spacial score (nSPS) is 24.9. The highest BCUT2D eigenvalue weighted by Crippen LogP contribution is 2.23. The van der Waals surface area contributed by atoms with E-state index >= 15 is 0 Å². The zero-order valence-corrected chi connectivity index (χ0v) is 39.4. The number of rotatable bonds is 18. The van der Waals surface area contributed by atoms with Crippen LogP contribution in [0.5, 0.6) is 0 Å². The quantitative estimate of drug-likeness (QED) is 0.0263. The Kier molecular flexibility index (Phi) is 28.8. The molecule has 0 saturated carbocycles. The minimum atomic E-state index is -1.72. The molecule has 1 rings (SSSR count). The number of carboxylic acids is 2. The molecule has 22 N–H and O–H groups in total. The van der Waals surface area contributed by atoms with Crippen LogP contribution >= 0.6 is 21.6 Å². The van der Waals surface area contributed by atoms with Crippen LogP contribution in [0.3, 0.4) is 0 Å². The summed E-state index contributed by atoms with van der Waals surface area (Å²) in [5, 5.41) is 38.6. The Morgan fingerprint density at radius 3 is 1.57 bits per heavy atom. The second-order valence-electron chi connectivity index (χ2n) is 15.5. The van der Waals surface area contributed by atoms with Gasteiger partial charge in [-0.3, -0.25) is 52.9 Å². The van der Waals surface area contributed by atoms with E-state index in [-0.39, 0.29) is 82.0 Å². The van der Waals surface area contributed by atoms with Gasteiger partial charge in [-0.1, -0.05) is 21.6 Å². The summed E-state index contributed by atoms with van der Waals surface area (Å²) in [7, 11) is 1.81. The Morgan fingerprint density at radius 2 is 1.07 bits per heavy atom. The number of guanidine groups is 1. The molecule has 8 atom stereocenters. The van der Waals surface area contributed by atoms with Crippen LogP contribution in [-0.4, -0.2) is 167 Å². The molecular formula is C38H67N15O13S2. The molecular weight excluding hydrogens is 939 g/mol. The topological polar surface area (TPSA) is 493 Å². The third kappa shape index (κ3) is 24.7. The van der Waals surface area contributed by atoms with Gasteiger partial charge < -0.3 is 87.1 Å². The van der Waals surface area contributed by atoms with Gasteiger partial charge in [-0.2, -0.15) is 0 Å². The summed E-state index contributed by atoms with van der Waals surface area (Å²) in [6.45, 7) is 0.907. The van der Waals surface area contributed by atoms with E-state index in [0.29, 0.717) is 12.8 Å². The second-order valence-corrected chi connectivity index (χ2v) is 18.1. The molecule has 0 spiro atoms. The summed E-state index contributed by atoms with van der Waals surface area (Å²) in [6, 6.07) is -11.7. The smallest absolute Gasteiger partial charge is 0.327 e. The summed E-state index contributed by atoms with van der Waals surface area (Å²) in [5.74, 6) is -12.1. The first kappa shape index (κ1) is 60.0. The van der Waals surface area contributed by atoms with Crippen LogP contribution in [0.2, 0.25) is 0 Å². The summed E-state index contributed by atoms with van der Waals surface area (Å²) in [6.07, 6.45) is -0.386. The molecule has 0 bridgehead atoms. The van der Waals surface area contributed by atoms with Gasteiger partial charge in [-0.05, 0) is 77.8 Å². The van der Waals surface area contributed by atoms with Crippen LogP contribution in [0, 0.1) is 0 Å². The highest BCUT2D eigenvalue weighted by atomic mass is 33.1. The van der Waals surface area contributed by atoms with Crippen LogP contribution in [0.4, 0.5) is 0 Å². The molecule has 0 aliphatic carbocycles. The van der Waals surface area contributed by atoms with Crippen LogP contribution in [0.25, 0.3) is 0 Å². The highest BCUT2D eigenvalue weighted by molar-refractivity contribution is 8.76. The maximum atomic E-state index is 14.0. The van der Waals surface area contributed by atoms with E-state index in [1.165, 1.54) is 6.92 Å². The van der Waals surface area contributed by atoms with Gasteiger partial charge in [-0.15, -0.1) is 0 Å². The summed E-state index contributed by atoms with van der Waals surface area (Å²) < 4.78 is 0. The molecule has 1 aliphatic rings. The molecule has 1 saturated heterocycles. The first-order chi connectivity index (χ1) is 32.1. The summed E-state index contributed by atoms with van der Waals surface area (Å²) in [5.41, 5.74) is 33.5. The number of unbranched alkanes of at least 4 members (excludes halogenated alkanes) is 2. The minimum Gasteiger partial charge on any atom is -0.481 e. The Bertz CT molecular complexity index is 1790. The Hall–Kier alpha value is -5.98. The van der Waals surface area contributed by atoms with Gasteiger partial charge in [-0.25, -0.2) is 4.79 Å². The average molecular weight is 1010 g/mol. The number of carbonyl (C=O) groups excluding carboxylic acids is 9. The lowest BCUT2D eigenvalue weighted by atomic mass is 10.0. The second kappa shape index (κ2) is 32.7. The molecule has 1 fully saturated rings. The fourth-order valence-corrected chi connectivity index (χ4v) is 8.31. The van der Waals surface area contributed by atoms with Crippen molar-refractivity contribution in [2.45, 2.75) is 126 Å². The number of aliphatic carboxylic acids is 2. The molecule has 1 aliphatic heterocycles. The van der Waals surface area contributed by atoms with Crippen molar-refractivity contribution in [2.24, 2.45) is 39.4 Å². The number of amides is 9. The van der Waals surface area contributed by atoms with E-state index in [2.05, 4.69) is 47.5 Å². The van der Waals surface area contributed by atoms with Crippen molar-refractivity contribution >= 4 is 92.7 Å². The Morgan fingerprint density at radius 1 is 0.603 bits per heavy atom. The molecule has 28 nitrogen and oxygen atoms in total. The van der Waals surface area contributed by atoms with Gasteiger partial charge in [0.1, 0.15) is 42.3 Å². The minimum absolute atomic E-state index is 0.0163. The zero-order valence-electron chi connectivity index (χ0n) is 37.8. The number of carbonyl (C=O) groups is 11. The molecule has 384 valence electrons. The van der Waals surface area contributed by atoms with Gasteiger partial charge in [0.05, 0.1) is 19.0 Å². The first-order valence-corrected chi connectivity index (χ1v) is 24.2. The van der Waals surface area contributed by atoms with Crippen molar-refractivity contribution in [3.8, 4) is 0 Å². The van der Waals surface area contributed by atoms with Crippen LogP contribution in [0.1, 0.15) is 77.6 Å². The van der Waals surface area contributed by atoms with Crippen molar-refractivity contribution < 1.29 is 63.0 Å². The molecule has 68 heavy (non-hydrogen) atoms. The molecule has 9 amide bonds. The van der Waals surface area contributed by atoms with Gasteiger partial charge >= 0.3 is 11.9 Å². The van der Waals surface area contributed by atoms with Gasteiger partial charge in [0.2, 0.25) is 53.2 Å². The lowest BCUT2D eigenvalue weighted by Crippen LogP contribution is -2.59. The van der Waals surface area contributed by atoms with Gasteiger partial charge in [0.25, 0.3) is 0 Å².